The summed E-state index contributed by atoms with van der Waals surface area (Å²) >= 11 is 0. The lowest BCUT2D eigenvalue weighted by Gasteiger charge is -2.30. The van der Waals surface area contributed by atoms with Gasteiger partial charge < -0.3 is 21.3 Å². The average molecular weight is 457 g/mol. The number of hydrogen-bond acceptors (Lipinski definition) is 8. The van der Waals surface area contributed by atoms with Crippen LogP contribution in [0.3, 0.4) is 0 Å². The number of piperidine rings is 1. The van der Waals surface area contributed by atoms with E-state index in [1.807, 2.05) is 30.5 Å². The van der Waals surface area contributed by atoms with Crippen LogP contribution in [0.15, 0.2) is 59.8 Å². The molecule has 5 rings (SSSR count). The van der Waals surface area contributed by atoms with Crippen molar-refractivity contribution in [3.63, 3.8) is 0 Å². The number of nitrogens with two attached hydrogens (primary N) is 1. The van der Waals surface area contributed by atoms with Crippen molar-refractivity contribution < 1.29 is 0 Å². The Morgan fingerprint density at radius 3 is 2.41 bits per heavy atom. The van der Waals surface area contributed by atoms with Crippen molar-refractivity contribution in [3.05, 3.63) is 70.9 Å². The highest BCUT2D eigenvalue weighted by atomic mass is 16.1. The van der Waals surface area contributed by atoms with Gasteiger partial charge in [0.1, 0.15) is 17.2 Å². The molecule has 4 N–H and O–H groups in total. The Morgan fingerprint density at radius 2 is 1.68 bits per heavy atom. The first kappa shape index (κ1) is 21.8. The Labute approximate surface area is 197 Å². The molecular formula is C25H28N8O. The second kappa shape index (κ2) is 9.11. The van der Waals surface area contributed by atoms with E-state index in [0.717, 1.165) is 37.2 Å². The van der Waals surface area contributed by atoms with Crippen LogP contribution in [0, 0.1) is 6.92 Å². The average Bonchev–Trinajstić information content (AvgIpc) is 2.83. The van der Waals surface area contributed by atoms with E-state index < -0.39 is 0 Å². The third-order valence-electron chi connectivity index (χ3n) is 6.23. The van der Waals surface area contributed by atoms with Gasteiger partial charge in [-0.25, -0.2) is 15.0 Å². The predicted molar refractivity (Wildman–Crippen MR) is 136 cm³/mol. The smallest absolute Gasteiger partial charge is 0.274 e. The van der Waals surface area contributed by atoms with Gasteiger partial charge in [0, 0.05) is 23.5 Å². The molecule has 0 bridgehead atoms. The number of anilines is 4. The highest BCUT2D eigenvalue weighted by Gasteiger charge is 2.17. The molecule has 174 valence electrons. The lowest BCUT2D eigenvalue weighted by molar-refractivity contribution is 0.264. The van der Waals surface area contributed by atoms with Gasteiger partial charge in [0.25, 0.3) is 5.56 Å². The number of hydrogen-bond donors (Lipinski definition) is 3. The van der Waals surface area contributed by atoms with Crippen LogP contribution in [0.5, 0.6) is 0 Å². The van der Waals surface area contributed by atoms with Crippen molar-refractivity contribution in [2.45, 2.75) is 25.8 Å². The molecule has 0 radical (unpaired) electrons. The third-order valence-corrected chi connectivity index (χ3v) is 6.23. The van der Waals surface area contributed by atoms with E-state index in [1.165, 1.54) is 6.20 Å². The molecule has 0 unspecified atom stereocenters. The summed E-state index contributed by atoms with van der Waals surface area (Å²) in [6.07, 6.45) is 7.06. The van der Waals surface area contributed by atoms with E-state index in [-0.39, 0.29) is 5.56 Å². The van der Waals surface area contributed by atoms with Gasteiger partial charge in [-0.3, -0.25) is 9.36 Å². The van der Waals surface area contributed by atoms with Gasteiger partial charge in [0.15, 0.2) is 0 Å². The second-order valence-electron chi connectivity index (χ2n) is 8.81. The zero-order chi connectivity index (χ0) is 23.7. The first-order valence-electron chi connectivity index (χ1n) is 11.4. The molecule has 4 heterocycles. The van der Waals surface area contributed by atoms with E-state index in [4.69, 9.17) is 5.73 Å². The standard InChI is InChI=1S/C25H28N8O/c1-16-11-23(28-13-20(16)30-18-7-9-32(2)10-8-18)31-24-12-22-21(14-29-24)27-15-25(34)33(22)19-5-3-17(26)4-6-19/h3-6,11-15,18,30H,7-10,26H2,1-2H3,(H,28,29,31). The number of pyridine rings is 2. The van der Waals surface area contributed by atoms with Crippen molar-refractivity contribution in [2.24, 2.45) is 0 Å². The van der Waals surface area contributed by atoms with E-state index in [2.05, 4.69) is 44.5 Å². The zero-order valence-electron chi connectivity index (χ0n) is 19.3. The number of fused-ring (bicyclic) bond motifs is 1. The fourth-order valence-corrected chi connectivity index (χ4v) is 4.25. The molecule has 0 saturated carbocycles. The van der Waals surface area contributed by atoms with Gasteiger partial charge in [-0.1, -0.05) is 0 Å². The summed E-state index contributed by atoms with van der Waals surface area (Å²) in [7, 11) is 2.16. The highest BCUT2D eigenvalue weighted by molar-refractivity contribution is 5.79. The monoisotopic (exact) mass is 456 g/mol. The molecule has 1 fully saturated rings. The number of likely N-dealkylation sites (tertiary alicyclic amines) is 1. The van der Waals surface area contributed by atoms with Crippen molar-refractivity contribution >= 4 is 34.0 Å². The van der Waals surface area contributed by atoms with Crippen molar-refractivity contribution in [1.29, 1.82) is 0 Å². The van der Waals surface area contributed by atoms with Crippen LogP contribution in [0.1, 0.15) is 18.4 Å². The molecule has 3 aromatic heterocycles. The molecule has 4 aromatic rings. The topological polar surface area (TPSA) is 114 Å². The van der Waals surface area contributed by atoms with E-state index in [0.29, 0.717) is 40.1 Å². The molecular weight excluding hydrogens is 428 g/mol. The van der Waals surface area contributed by atoms with Crippen LogP contribution >= 0.6 is 0 Å². The van der Waals surface area contributed by atoms with Gasteiger partial charge in [-0.15, -0.1) is 0 Å². The maximum Gasteiger partial charge on any atom is 0.274 e. The maximum atomic E-state index is 12.7. The Hall–Kier alpha value is -3.98. The molecule has 9 nitrogen and oxygen atoms in total. The van der Waals surface area contributed by atoms with Crippen LogP contribution in [0.4, 0.5) is 23.0 Å². The minimum Gasteiger partial charge on any atom is -0.399 e. The minimum atomic E-state index is -0.229. The van der Waals surface area contributed by atoms with E-state index in [9.17, 15) is 4.79 Å². The molecule has 0 spiro atoms. The van der Waals surface area contributed by atoms with Gasteiger partial charge in [-0.2, -0.15) is 0 Å². The van der Waals surface area contributed by atoms with Gasteiger partial charge in [-0.05, 0) is 75.8 Å². The molecule has 1 aromatic carbocycles. The molecule has 1 saturated heterocycles. The van der Waals surface area contributed by atoms with Crippen molar-refractivity contribution in [3.8, 4) is 5.69 Å². The number of nitrogens with zero attached hydrogens (tertiary/aromatic N) is 5. The first-order chi connectivity index (χ1) is 16.5. The first-order valence-corrected chi connectivity index (χ1v) is 11.4. The van der Waals surface area contributed by atoms with Crippen molar-refractivity contribution in [2.75, 3.05) is 36.5 Å². The molecule has 0 atom stereocenters. The van der Waals surface area contributed by atoms with Gasteiger partial charge >= 0.3 is 0 Å². The number of benzene rings is 1. The van der Waals surface area contributed by atoms with E-state index in [1.54, 1.807) is 22.9 Å². The fourth-order valence-electron chi connectivity index (χ4n) is 4.25. The number of nitrogens with one attached hydrogen (secondary N) is 2. The Balaban J connectivity index is 1.40. The summed E-state index contributed by atoms with van der Waals surface area (Å²) in [6, 6.07) is 11.4. The summed E-state index contributed by atoms with van der Waals surface area (Å²) in [5, 5.41) is 6.89. The highest BCUT2D eigenvalue weighted by Crippen LogP contribution is 2.24. The summed E-state index contributed by atoms with van der Waals surface area (Å²) in [6.45, 7) is 4.28. The zero-order valence-corrected chi connectivity index (χ0v) is 19.3. The number of rotatable bonds is 5. The molecule has 1 aliphatic rings. The van der Waals surface area contributed by atoms with Crippen LogP contribution < -0.4 is 21.9 Å². The van der Waals surface area contributed by atoms with Gasteiger partial charge in [0.05, 0.1) is 29.8 Å². The van der Waals surface area contributed by atoms with Crippen LogP contribution in [-0.2, 0) is 0 Å². The SMILES string of the molecule is Cc1cc(Nc2cc3c(cn2)ncc(=O)n3-c2ccc(N)cc2)ncc1NC1CCN(C)CC1. The van der Waals surface area contributed by atoms with Crippen LogP contribution in [0.2, 0.25) is 0 Å². The Bertz CT molecular complexity index is 1370. The maximum absolute atomic E-state index is 12.7. The van der Waals surface area contributed by atoms with Crippen LogP contribution in [-0.4, -0.2) is 50.6 Å². The lowest BCUT2D eigenvalue weighted by Crippen LogP contribution is -2.36. The molecule has 34 heavy (non-hydrogen) atoms. The summed E-state index contributed by atoms with van der Waals surface area (Å²) < 4.78 is 1.60. The lowest BCUT2D eigenvalue weighted by atomic mass is 10.0. The molecule has 0 amide bonds. The third kappa shape index (κ3) is 4.55. The summed E-state index contributed by atoms with van der Waals surface area (Å²) in [5.41, 5.74) is 10.3. The largest absolute Gasteiger partial charge is 0.399 e. The Morgan fingerprint density at radius 1 is 0.971 bits per heavy atom. The fraction of sp³-hybridized carbons (Fsp3) is 0.280. The summed E-state index contributed by atoms with van der Waals surface area (Å²) in [4.78, 5) is 28.3. The van der Waals surface area contributed by atoms with Gasteiger partial charge in [0.2, 0.25) is 0 Å². The number of nitrogen functional groups attached to an aromatic ring is 1. The van der Waals surface area contributed by atoms with Crippen LogP contribution in [0.25, 0.3) is 16.7 Å². The quantitative estimate of drug-likeness (QED) is 0.392. The molecule has 0 aliphatic carbocycles. The predicted octanol–water partition coefficient (Wildman–Crippen LogP) is 3.32. The van der Waals surface area contributed by atoms with Crippen molar-refractivity contribution in [1.82, 2.24) is 24.4 Å². The normalized spacial score (nSPS) is 14.9. The molecule has 9 heteroatoms. The number of aryl methyl sites for hydroxylation is 1. The number of aromatic nitrogens is 4. The Kier molecular flexibility index (Phi) is 5.85. The minimum absolute atomic E-state index is 0.229. The summed E-state index contributed by atoms with van der Waals surface area (Å²) in [5.74, 6) is 1.26. The second-order valence-corrected chi connectivity index (χ2v) is 8.81. The molecule has 1 aliphatic heterocycles. The van der Waals surface area contributed by atoms with E-state index >= 15 is 0 Å².